The Kier molecular flexibility index (Phi) is 4.84. The van der Waals surface area contributed by atoms with Gasteiger partial charge in [0.1, 0.15) is 5.82 Å². The summed E-state index contributed by atoms with van der Waals surface area (Å²) in [6.07, 6.45) is 2.33. The first-order valence-electron chi connectivity index (χ1n) is 6.45. The molecule has 3 N–H and O–H groups in total. The van der Waals surface area contributed by atoms with E-state index in [1.807, 2.05) is 6.92 Å². The second-order valence-electron chi connectivity index (χ2n) is 4.59. The maximum Gasteiger partial charge on any atom is 0.319 e. The lowest BCUT2D eigenvalue weighted by Crippen LogP contribution is -2.32. The molecule has 0 radical (unpaired) electrons. The summed E-state index contributed by atoms with van der Waals surface area (Å²) in [6.45, 7) is 1.86. The van der Waals surface area contributed by atoms with E-state index in [4.69, 9.17) is 0 Å². The first-order valence-corrected chi connectivity index (χ1v) is 6.45. The number of benzene rings is 1. The number of carbonyl (C=O) groups excluding carboxylic acids is 1. The van der Waals surface area contributed by atoms with Crippen LogP contribution >= 0.6 is 0 Å². The average Bonchev–Trinajstić information content (AvgIpc) is 2.48. The van der Waals surface area contributed by atoms with E-state index < -0.39 is 12.1 Å². The summed E-state index contributed by atoms with van der Waals surface area (Å²) >= 11 is 0. The van der Waals surface area contributed by atoms with Gasteiger partial charge in [-0.2, -0.15) is 0 Å². The summed E-state index contributed by atoms with van der Waals surface area (Å²) in [5.41, 5.74) is 2.03. The third kappa shape index (κ3) is 4.25. The van der Waals surface area contributed by atoms with Crippen LogP contribution in [0, 0.1) is 12.7 Å². The molecule has 0 aliphatic rings. The average molecular weight is 289 g/mol. The monoisotopic (exact) mass is 289 g/mol. The van der Waals surface area contributed by atoms with Crippen LogP contribution in [0.4, 0.5) is 14.9 Å². The molecule has 2 rings (SSSR count). The molecule has 1 aromatic heterocycles. The van der Waals surface area contributed by atoms with E-state index in [0.717, 1.165) is 5.56 Å². The maximum absolute atomic E-state index is 12.8. The molecule has 1 aromatic carbocycles. The topological polar surface area (TPSA) is 74.2 Å². The lowest BCUT2D eigenvalue weighted by molar-refractivity contribution is 0.175. The van der Waals surface area contributed by atoms with Crippen molar-refractivity contribution < 1.29 is 14.3 Å². The molecular formula is C15H16FN3O2. The minimum atomic E-state index is -0.894. The number of carbonyl (C=O) groups is 1. The third-order valence-corrected chi connectivity index (χ3v) is 2.98. The predicted octanol–water partition coefficient (Wildman–Crippen LogP) is 2.38. The summed E-state index contributed by atoms with van der Waals surface area (Å²) in [6, 6.07) is 6.74. The number of pyridine rings is 1. The van der Waals surface area contributed by atoms with E-state index in [1.54, 1.807) is 18.5 Å². The van der Waals surface area contributed by atoms with Gasteiger partial charge in [0.05, 0.1) is 6.10 Å². The van der Waals surface area contributed by atoms with Gasteiger partial charge in [-0.15, -0.1) is 0 Å². The number of aliphatic hydroxyl groups excluding tert-OH is 1. The van der Waals surface area contributed by atoms with Gasteiger partial charge >= 0.3 is 6.03 Å². The number of halogens is 1. The van der Waals surface area contributed by atoms with Gasteiger partial charge in [0.25, 0.3) is 0 Å². The zero-order valence-corrected chi connectivity index (χ0v) is 11.5. The number of anilines is 1. The number of nitrogens with zero attached hydrogens (tertiary/aromatic N) is 1. The number of aliphatic hydroxyl groups is 1. The van der Waals surface area contributed by atoms with Crippen LogP contribution in [-0.4, -0.2) is 22.7 Å². The van der Waals surface area contributed by atoms with Crippen molar-refractivity contribution in [1.29, 1.82) is 0 Å². The van der Waals surface area contributed by atoms with Crippen LogP contribution in [0.25, 0.3) is 0 Å². The number of nitrogens with one attached hydrogen (secondary N) is 2. The van der Waals surface area contributed by atoms with Crippen molar-refractivity contribution >= 4 is 11.7 Å². The highest BCUT2D eigenvalue weighted by molar-refractivity contribution is 5.89. The quantitative estimate of drug-likeness (QED) is 0.809. The highest BCUT2D eigenvalue weighted by Gasteiger charge is 2.10. The fraction of sp³-hybridized carbons (Fsp3) is 0.200. The number of rotatable bonds is 4. The van der Waals surface area contributed by atoms with Crippen LogP contribution < -0.4 is 10.6 Å². The summed E-state index contributed by atoms with van der Waals surface area (Å²) in [5, 5.41) is 15.1. The molecule has 5 nitrogen and oxygen atoms in total. The Morgan fingerprint density at radius 2 is 2.05 bits per heavy atom. The summed E-state index contributed by atoms with van der Waals surface area (Å²) in [7, 11) is 0. The van der Waals surface area contributed by atoms with Crippen LogP contribution in [0.5, 0.6) is 0 Å². The van der Waals surface area contributed by atoms with E-state index in [9.17, 15) is 14.3 Å². The molecule has 0 aliphatic carbocycles. The molecule has 1 heterocycles. The highest BCUT2D eigenvalue weighted by Crippen LogP contribution is 2.13. The Morgan fingerprint density at radius 1 is 1.33 bits per heavy atom. The molecular weight excluding hydrogens is 273 g/mol. The van der Waals surface area contributed by atoms with Gasteiger partial charge in [0, 0.05) is 24.6 Å². The smallest absolute Gasteiger partial charge is 0.319 e. The lowest BCUT2D eigenvalue weighted by Gasteiger charge is -2.13. The van der Waals surface area contributed by atoms with Crippen LogP contribution in [-0.2, 0) is 0 Å². The molecule has 2 amide bonds. The van der Waals surface area contributed by atoms with E-state index in [1.165, 1.54) is 24.3 Å². The zero-order chi connectivity index (χ0) is 15.2. The second-order valence-corrected chi connectivity index (χ2v) is 4.59. The minimum Gasteiger partial charge on any atom is -0.387 e. The van der Waals surface area contributed by atoms with E-state index in [-0.39, 0.29) is 12.4 Å². The van der Waals surface area contributed by atoms with Gasteiger partial charge < -0.3 is 15.7 Å². The van der Waals surface area contributed by atoms with Gasteiger partial charge in [-0.05, 0) is 36.2 Å². The lowest BCUT2D eigenvalue weighted by atomic mass is 10.1. The number of hydrogen-bond acceptors (Lipinski definition) is 3. The largest absolute Gasteiger partial charge is 0.387 e. The molecule has 110 valence electrons. The number of aromatic nitrogens is 1. The van der Waals surface area contributed by atoms with Crippen molar-refractivity contribution in [3.63, 3.8) is 0 Å². The Balaban J connectivity index is 1.86. The molecule has 0 saturated carbocycles. The number of amides is 2. The fourth-order valence-electron chi connectivity index (χ4n) is 1.77. The first-order chi connectivity index (χ1) is 10.1. The molecule has 0 aliphatic heterocycles. The van der Waals surface area contributed by atoms with Crippen molar-refractivity contribution in [3.05, 3.63) is 59.7 Å². The van der Waals surface area contributed by atoms with E-state index in [2.05, 4.69) is 15.6 Å². The molecule has 0 bridgehead atoms. The fourth-order valence-corrected chi connectivity index (χ4v) is 1.77. The molecule has 0 saturated heterocycles. The second kappa shape index (κ2) is 6.81. The molecule has 0 fully saturated rings. The van der Waals surface area contributed by atoms with Gasteiger partial charge in [-0.1, -0.05) is 12.1 Å². The van der Waals surface area contributed by atoms with Crippen LogP contribution in [0.15, 0.2) is 42.7 Å². The van der Waals surface area contributed by atoms with Gasteiger partial charge in [-0.25, -0.2) is 9.18 Å². The van der Waals surface area contributed by atoms with E-state index >= 15 is 0 Å². The standard InChI is InChI=1S/C15H16FN3O2/c1-10-8-17-7-6-13(10)19-15(21)18-9-14(20)11-2-4-12(16)5-3-11/h2-8,14,20H,9H2,1H3,(H2,17,18,19,21). The van der Waals surface area contributed by atoms with Gasteiger partial charge in [0.2, 0.25) is 0 Å². The zero-order valence-electron chi connectivity index (χ0n) is 11.5. The molecule has 21 heavy (non-hydrogen) atoms. The number of urea groups is 1. The van der Waals surface area contributed by atoms with Gasteiger partial charge in [0.15, 0.2) is 0 Å². The molecule has 1 unspecified atom stereocenters. The molecule has 6 heteroatoms. The van der Waals surface area contributed by atoms with Crippen molar-refractivity contribution in [2.75, 3.05) is 11.9 Å². The Morgan fingerprint density at radius 3 is 2.71 bits per heavy atom. The van der Waals surface area contributed by atoms with Crippen LogP contribution in [0.1, 0.15) is 17.2 Å². The SMILES string of the molecule is Cc1cnccc1NC(=O)NCC(O)c1ccc(F)cc1. The summed E-state index contributed by atoms with van der Waals surface area (Å²) in [5.74, 6) is -0.371. The highest BCUT2D eigenvalue weighted by atomic mass is 19.1. The van der Waals surface area contributed by atoms with E-state index in [0.29, 0.717) is 11.3 Å². The first kappa shape index (κ1) is 14.9. The van der Waals surface area contributed by atoms with Gasteiger partial charge in [-0.3, -0.25) is 4.98 Å². The molecule has 0 spiro atoms. The van der Waals surface area contributed by atoms with Crippen molar-refractivity contribution in [3.8, 4) is 0 Å². The summed E-state index contributed by atoms with van der Waals surface area (Å²) < 4.78 is 12.8. The van der Waals surface area contributed by atoms with Crippen molar-refractivity contribution in [2.45, 2.75) is 13.0 Å². The van der Waals surface area contributed by atoms with Crippen LogP contribution in [0.2, 0.25) is 0 Å². The van der Waals surface area contributed by atoms with Crippen molar-refractivity contribution in [1.82, 2.24) is 10.3 Å². The Hall–Kier alpha value is -2.47. The molecule has 1 atom stereocenters. The Labute approximate surface area is 121 Å². The van der Waals surface area contributed by atoms with Crippen LogP contribution in [0.3, 0.4) is 0 Å². The Bertz CT molecular complexity index is 617. The predicted molar refractivity (Wildman–Crippen MR) is 77.4 cm³/mol. The number of hydrogen-bond donors (Lipinski definition) is 3. The minimum absolute atomic E-state index is 0.0294. The summed E-state index contributed by atoms with van der Waals surface area (Å²) in [4.78, 5) is 15.7. The molecule has 2 aromatic rings. The number of aryl methyl sites for hydroxylation is 1. The van der Waals surface area contributed by atoms with Crippen molar-refractivity contribution in [2.24, 2.45) is 0 Å². The maximum atomic E-state index is 12.8. The third-order valence-electron chi connectivity index (χ3n) is 2.98. The normalized spacial score (nSPS) is 11.8.